The van der Waals surface area contributed by atoms with Gasteiger partial charge in [0.2, 0.25) is 0 Å². The lowest BCUT2D eigenvalue weighted by molar-refractivity contribution is -0.146. The van der Waals surface area contributed by atoms with Crippen LogP contribution in [0.15, 0.2) is 47.4 Å². The van der Waals surface area contributed by atoms with Gasteiger partial charge in [-0.1, -0.05) is 31.5 Å². The maximum Gasteiger partial charge on any atom is 0.338 e. The van der Waals surface area contributed by atoms with Crippen LogP contribution in [0.2, 0.25) is 0 Å². The number of anilines is 1. The number of carbonyl (C=O) groups is 2. The Balaban J connectivity index is 1.66. The maximum atomic E-state index is 12.9. The Kier molecular flexibility index (Phi) is 8.91. The lowest BCUT2D eigenvalue weighted by Crippen LogP contribution is -2.49. The summed E-state index contributed by atoms with van der Waals surface area (Å²) >= 11 is 0. The third-order valence-electron chi connectivity index (χ3n) is 5.86. The highest BCUT2D eigenvalue weighted by molar-refractivity contribution is 7.92. The zero-order valence-electron chi connectivity index (χ0n) is 20.7. The predicted octanol–water partition coefficient (Wildman–Crippen LogP) is 3.93. The summed E-state index contributed by atoms with van der Waals surface area (Å²) in [7, 11) is -3.92. The number of aryl methyl sites for hydroxylation is 2. The highest BCUT2D eigenvalue weighted by atomic mass is 32.2. The van der Waals surface area contributed by atoms with E-state index in [2.05, 4.69) is 11.6 Å². The van der Waals surface area contributed by atoms with Crippen LogP contribution in [0.5, 0.6) is 0 Å². The molecule has 2 unspecified atom stereocenters. The summed E-state index contributed by atoms with van der Waals surface area (Å²) in [5.41, 5.74) is 2.23. The molecule has 8 nitrogen and oxygen atoms in total. The fourth-order valence-corrected chi connectivity index (χ4v) is 5.08. The van der Waals surface area contributed by atoms with E-state index in [0.717, 1.165) is 24.8 Å². The molecule has 1 fully saturated rings. The van der Waals surface area contributed by atoms with E-state index in [4.69, 9.17) is 9.47 Å². The quantitative estimate of drug-likeness (QED) is 0.522. The molecule has 1 aliphatic rings. The second-order valence-electron chi connectivity index (χ2n) is 9.01. The smallest absolute Gasteiger partial charge is 0.338 e. The topological polar surface area (TPSA) is 102 Å². The first kappa shape index (κ1) is 26.7. The minimum Gasteiger partial charge on any atom is -0.452 e. The van der Waals surface area contributed by atoms with Crippen LogP contribution in [0, 0.1) is 6.92 Å². The van der Waals surface area contributed by atoms with Crippen molar-refractivity contribution in [1.82, 2.24) is 4.90 Å². The Morgan fingerprint density at radius 1 is 1.09 bits per heavy atom. The first-order valence-corrected chi connectivity index (χ1v) is 13.4. The van der Waals surface area contributed by atoms with Gasteiger partial charge in [0.15, 0.2) is 6.61 Å². The Hall–Kier alpha value is -2.91. The van der Waals surface area contributed by atoms with Gasteiger partial charge in [-0.25, -0.2) is 13.2 Å². The molecule has 1 aliphatic heterocycles. The van der Waals surface area contributed by atoms with Crippen LogP contribution < -0.4 is 4.72 Å². The molecule has 190 valence electrons. The van der Waals surface area contributed by atoms with Crippen molar-refractivity contribution in [2.75, 3.05) is 24.4 Å². The number of nitrogens with zero attached hydrogens (tertiary/aromatic N) is 1. The molecule has 0 aliphatic carbocycles. The first-order chi connectivity index (χ1) is 16.6. The average Bonchev–Trinajstić information content (AvgIpc) is 2.81. The molecular weight excluding hydrogens is 468 g/mol. The van der Waals surface area contributed by atoms with Gasteiger partial charge in [-0.3, -0.25) is 9.52 Å². The minimum atomic E-state index is -3.92. The minimum absolute atomic E-state index is 0.0627. The summed E-state index contributed by atoms with van der Waals surface area (Å²) in [6.45, 7) is 8.01. The maximum absolute atomic E-state index is 12.9. The number of hydrogen-bond acceptors (Lipinski definition) is 6. The zero-order chi connectivity index (χ0) is 25.6. The number of benzene rings is 2. The monoisotopic (exact) mass is 502 g/mol. The number of sulfonamides is 1. The summed E-state index contributed by atoms with van der Waals surface area (Å²) in [6, 6.07) is 11.5. The number of unbranched alkanes of at least 4 members (excludes halogenated alkanes) is 1. The summed E-state index contributed by atoms with van der Waals surface area (Å²) in [5, 5.41) is 0. The van der Waals surface area contributed by atoms with Gasteiger partial charge in [-0.05, 0) is 69.0 Å². The van der Waals surface area contributed by atoms with Crippen LogP contribution in [0.3, 0.4) is 0 Å². The van der Waals surface area contributed by atoms with Gasteiger partial charge < -0.3 is 14.4 Å². The van der Waals surface area contributed by atoms with Crippen LogP contribution in [0.1, 0.15) is 55.1 Å². The highest BCUT2D eigenvalue weighted by Crippen LogP contribution is 2.21. The molecule has 9 heteroatoms. The van der Waals surface area contributed by atoms with E-state index in [-0.39, 0.29) is 28.6 Å². The molecule has 0 bridgehead atoms. The Labute approximate surface area is 207 Å². The average molecular weight is 503 g/mol. The van der Waals surface area contributed by atoms with Gasteiger partial charge in [-0.15, -0.1) is 0 Å². The Bertz CT molecular complexity index is 1140. The number of esters is 1. The SMILES string of the molecule is CCCCc1ccc(NS(=O)(=O)c2ccc(C)c(C(=O)OCC(=O)N3CC(C)OC(C)C3)c2)cc1. The normalized spacial score (nSPS) is 18.2. The lowest BCUT2D eigenvalue weighted by atomic mass is 10.1. The highest BCUT2D eigenvalue weighted by Gasteiger charge is 2.27. The summed E-state index contributed by atoms with van der Waals surface area (Å²) < 4.78 is 39.3. The van der Waals surface area contributed by atoms with Crippen molar-refractivity contribution >= 4 is 27.6 Å². The summed E-state index contributed by atoms with van der Waals surface area (Å²) in [5.74, 6) is -1.06. The molecular formula is C26H34N2O6S. The number of rotatable bonds is 9. The number of morpholine rings is 1. The van der Waals surface area contributed by atoms with Crippen molar-refractivity contribution in [3.05, 3.63) is 59.2 Å². The molecule has 1 amide bonds. The van der Waals surface area contributed by atoms with Crippen LogP contribution in [-0.2, 0) is 30.7 Å². The molecule has 1 heterocycles. The molecule has 1 saturated heterocycles. The molecule has 2 atom stereocenters. The summed E-state index contributed by atoms with van der Waals surface area (Å²) in [4.78, 5) is 26.8. The Morgan fingerprint density at radius 3 is 2.37 bits per heavy atom. The fourth-order valence-electron chi connectivity index (χ4n) is 4.00. The van der Waals surface area contributed by atoms with Crippen LogP contribution >= 0.6 is 0 Å². The standard InChI is InChI=1S/C26H34N2O6S/c1-5-6-7-21-9-11-22(12-10-21)27-35(31,32)23-13-8-18(2)24(14-23)26(30)33-17-25(29)28-15-19(3)34-20(4)16-28/h8-14,19-20,27H,5-7,15-17H2,1-4H3. The molecule has 0 saturated carbocycles. The van der Waals surface area contributed by atoms with Crippen molar-refractivity contribution in [3.8, 4) is 0 Å². The van der Waals surface area contributed by atoms with E-state index >= 15 is 0 Å². The molecule has 35 heavy (non-hydrogen) atoms. The lowest BCUT2D eigenvalue weighted by Gasteiger charge is -2.35. The number of amides is 1. The second-order valence-corrected chi connectivity index (χ2v) is 10.7. The van der Waals surface area contributed by atoms with Gasteiger partial charge in [0.05, 0.1) is 22.7 Å². The largest absolute Gasteiger partial charge is 0.452 e. The molecule has 0 aromatic heterocycles. The van der Waals surface area contributed by atoms with E-state index in [9.17, 15) is 18.0 Å². The number of ether oxygens (including phenoxy) is 2. The molecule has 0 radical (unpaired) electrons. The van der Waals surface area contributed by atoms with Crippen molar-refractivity contribution in [3.63, 3.8) is 0 Å². The molecule has 0 spiro atoms. The molecule has 2 aromatic rings. The van der Waals surface area contributed by atoms with E-state index < -0.39 is 22.6 Å². The number of hydrogen-bond donors (Lipinski definition) is 1. The summed E-state index contributed by atoms with van der Waals surface area (Å²) in [6.07, 6.45) is 2.92. The molecule has 2 aromatic carbocycles. The van der Waals surface area contributed by atoms with Crippen molar-refractivity contribution in [1.29, 1.82) is 0 Å². The van der Waals surface area contributed by atoms with Crippen LogP contribution in [0.4, 0.5) is 5.69 Å². The number of carbonyl (C=O) groups excluding carboxylic acids is 2. The van der Waals surface area contributed by atoms with E-state index in [1.54, 1.807) is 30.0 Å². The van der Waals surface area contributed by atoms with Gasteiger partial charge in [0.25, 0.3) is 15.9 Å². The van der Waals surface area contributed by atoms with E-state index in [1.807, 2.05) is 26.0 Å². The fraction of sp³-hybridized carbons (Fsp3) is 0.462. The van der Waals surface area contributed by atoms with E-state index in [1.165, 1.54) is 12.1 Å². The third-order valence-corrected chi connectivity index (χ3v) is 7.24. The van der Waals surface area contributed by atoms with Gasteiger partial charge >= 0.3 is 5.97 Å². The first-order valence-electron chi connectivity index (χ1n) is 11.9. The molecule has 1 N–H and O–H groups in total. The molecule has 3 rings (SSSR count). The van der Waals surface area contributed by atoms with Crippen molar-refractivity contribution in [2.24, 2.45) is 0 Å². The third kappa shape index (κ3) is 7.29. The van der Waals surface area contributed by atoms with Crippen molar-refractivity contribution < 1.29 is 27.5 Å². The van der Waals surface area contributed by atoms with Crippen molar-refractivity contribution in [2.45, 2.75) is 64.1 Å². The second kappa shape index (κ2) is 11.7. The van der Waals surface area contributed by atoms with Crippen LogP contribution in [-0.4, -0.2) is 57.1 Å². The zero-order valence-corrected chi connectivity index (χ0v) is 21.6. The van der Waals surface area contributed by atoms with Crippen LogP contribution in [0.25, 0.3) is 0 Å². The van der Waals surface area contributed by atoms with E-state index in [0.29, 0.717) is 24.3 Å². The predicted molar refractivity (Wildman–Crippen MR) is 134 cm³/mol. The van der Waals surface area contributed by atoms with Gasteiger partial charge in [0, 0.05) is 18.8 Å². The van der Waals surface area contributed by atoms with Gasteiger partial charge in [0.1, 0.15) is 0 Å². The Morgan fingerprint density at radius 2 is 1.74 bits per heavy atom. The van der Waals surface area contributed by atoms with Gasteiger partial charge in [-0.2, -0.15) is 0 Å². The number of nitrogens with one attached hydrogen (secondary N) is 1.